The number of carbonyl (C=O) groups is 1. The van der Waals surface area contributed by atoms with Crippen LogP contribution in [-0.2, 0) is 0 Å². The van der Waals surface area contributed by atoms with Crippen molar-refractivity contribution in [3.63, 3.8) is 0 Å². The van der Waals surface area contributed by atoms with Crippen molar-refractivity contribution in [2.75, 3.05) is 0 Å². The number of hydrogen-bond donors (Lipinski definition) is 0. The van der Waals surface area contributed by atoms with E-state index in [0.717, 1.165) is 12.8 Å². The molecule has 0 aliphatic heterocycles. The summed E-state index contributed by atoms with van der Waals surface area (Å²) in [6.45, 7) is 3.90. The van der Waals surface area contributed by atoms with Gasteiger partial charge in [0.25, 0.3) is 0 Å². The second-order valence-corrected chi connectivity index (χ2v) is 3.49. The van der Waals surface area contributed by atoms with Crippen LogP contribution in [0.2, 0.25) is 0 Å². The first-order chi connectivity index (χ1) is 7.19. The second-order valence-electron chi connectivity index (χ2n) is 3.49. The smallest absolute Gasteiger partial charge is 0.165 e. The first-order valence-corrected chi connectivity index (χ1v) is 5.09. The monoisotopic (exact) mass is 210 g/mol. The van der Waals surface area contributed by atoms with E-state index in [1.54, 1.807) is 6.07 Å². The molecule has 3 heteroatoms. The molecule has 0 fully saturated rings. The Morgan fingerprint density at radius 1 is 1.53 bits per heavy atom. The maximum Gasteiger partial charge on any atom is 0.165 e. The van der Waals surface area contributed by atoms with Crippen molar-refractivity contribution in [3.8, 4) is 5.75 Å². The van der Waals surface area contributed by atoms with Gasteiger partial charge in [-0.05, 0) is 25.5 Å². The second kappa shape index (κ2) is 5.49. The molecular formula is C12H15FO2. The SMILES string of the molecule is CCCC(C)Oc1c(F)cccc1C=O. The molecule has 0 saturated heterocycles. The zero-order valence-corrected chi connectivity index (χ0v) is 9.00. The molecule has 0 aromatic heterocycles. The third-order valence-corrected chi connectivity index (χ3v) is 2.14. The number of rotatable bonds is 5. The molecule has 0 aliphatic carbocycles. The Balaban J connectivity index is 2.87. The molecule has 1 rings (SSSR count). The molecule has 0 heterocycles. The Morgan fingerprint density at radius 2 is 2.27 bits per heavy atom. The van der Waals surface area contributed by atoms with Gasteiger partial charge in [0.2, 0.25) is 0 Å². The molecule has 1 aromatic rings. The standard InChI is InChI=1S/C12H15FO2/c1-3-5-9(2)15-12-10(8-14)6-4-7-11(12)13/h4,6-9H,3,5H2,1-2H3. The molecule has 2 nitrogen and oxygen atoms in total. The number of para-hydroxylation sites is 1. The van der Waals surface area contributed by atoms with Gasteiger partial charge in [-0.15, -0.1) is 0 Å². The van der Waals surface area contributed by atoms with E-state index in [2.05, 4.69) is 0 Å². The predicted octanol–water partition coefficient (Wildman–Crippen LogP) is 3.21. The summed E-state index contributed by atoms with van der Waals surface area (Å²) in [4.78, 5) is 10.7. The molecule has 1 atom stereocenters. The van der Waals surface area contributed by atoms with Crippen molar-refractivity contribution in [1.82, 2.24) is 0 Å². The summed E-state index contributed by atoms with van der Waals surface area (Å²) < 4.78 is 18.8. The van der Waals surface area contributed by atoms with Crippen LogP contribution in [0.15, 0.2) is 18.2 Å². The van der Waals surface area contributed by atoms with Crippen molar-refractivity contribution < 1.29 is 13.9 Å². The van der Waals surface area contributed by atoms with Gasteiger partial charge in [-0.1, -0.05) is 19.4 Å². The molecule has 0 amide bonds. The fourth-order valence-electron chi connectivity index (χ4n) is 1.41. The minimum absolute atomic E-state index is 0.0634. The minimum Gasteiger partial charge on any atom is -0.487 e. The minimum atomic E-state index is -0.484. The number of aldehydes is 1. The first kappa shape index (κ1) is 11.7. The third kappa shape index (κ3) is 3.05. The highest BCUT2D eigenvalue weighted by molar-refractivity contribution is 5.79. The number of carbonyl (C=O) groups excluding carboxylic acids is 1. The molecule has 0 aliphatic rings. The maximum absolute atomic E-state index is 13.4. The molecular weight excluding hydrogens is 195 g/mol. The lowest BCUT2D eigenvalue weighted by atomic mass is 10.2. The Morgan fingerprint density at radius 3 is 2.87 bits per heavy atom. The zero-order valence-electron chi connectivity index (χ0n) is 9.00. The van der Waals surface area contributed by atoms with Crippen LogP contribution in [0.25, 0.3) is 0 Å². The van der Waals surface area contributed by atoms with E-state index in [0.29, 0.717) is 6.29 Å². The molecule has 82 valence electrons. The van der Waals surface area contributed by atoms with E-state index in [1.165, 1.54) is 12.1 Å². The van der Waals surface area contributed by atoms with Crippen LogP contribution < -0.4 is 4.74 Å². The number of halogens is 1. The van der Waals surface area contributed by atoms with Gasteiger partial charge < -0.3 is 4.74 Å². The van der Waals surface area contributed by atoms with E-state index < -0.39 is 5.82 Å². The van der Waals surface area contributed by atoms with E-state index in [9.17, 15) is 9.18 Å². The van der Waals surface area contributed by atoms with Gasteiger partial charge in [0.1, 0.15) is 0 Å². The van der Waals surface area contributed by atoms with Crippen molar-refractivity contribution in [2.24, 2.45) is 0 Å². The van der Waals surface area contributed by atoms with Crippen LogP contribution >= 0.6 is 0 Å². The average molecular weight is 210 g/mol. The fraction of sp³-hybridized carbons (Fsp3) is 0.417. The van der Waals surface area contributed by atoms with Gasteiger partial charge in [-0.3, -0.25) is 4.79 Å². The summed E-state index contributed by atoms with van der Waals surface area (Å²) in [5.41, 5.74) is 0.262. The number of ether oxygens (including phenoxy) is 1. The third-order valence-electron chi connectivity index (χ3n) is 2.14. The Labute approximate surface area is 89.1 Å². The van der Waals surface area contributed by atoms with Crippen molar-refractivity contribution >= 4 is 6.29 Å². The highest BCUT2D eigenvalue weighted by Gasteiger charge is 2.12. The molecule has 15 heavy (non-hydrogen) atoms. The van der Waals surface area contributed by atoms with E-state index in [-0.39, 0.29) is 17.4 Å². The summed E-state index contributed by atoms with van der Waals surface area (Å²) in [5.74, 6) is -0.420. The summed E-state index contributed by atoms with van der Waals surface area (Å²) in [6, 6.07) is 4.33. The molecule has 0 radical (unpaired) electrons. The van der Waals surface area contributed by atoms with Gasteiger partial charge >= 0.3 is 0 Å². The van der Waals surface area contributed by atoms with E-state index in [1.807, 2.05) is 13.8 Å². The zero-order chi connectivity index (χ0) is 11.3. The lowest BCUT2D eigenvalue weighted by Gasteiger charge is -2.15. The number of hydrogen-bond acceptors (Lipinski definition) is 2. The highest BCUT2D eigenvalue weighted by Crippen LogP contribution is 2.23. The Hall–Kier alpha value is -1.38. The largest absolute Gasteiger partial charge is 0.487 e. The lowest BCUT2D eigenvalue weighted by Crippen LogP contribution is -2.13. The van der Waals surface area contributed by atoms with Crippen molar-refractivity contribution in [2.45, 2.75) is 32.8 Å². The van der Waals surface area contributed by atoms with E-state index in [4.69, 9.17) is 4.74 Å². The van der Waals surface area contributed by atoms with Crippen LogP contribution in [-0.4, -0.2) is 12.4 Å². The Bertz CT molecular complexity index is 336. The van der Waals surface area contributed by atoms with Gasteiger partial charge in [-0.25, -0.2) is 4.39 Å². The maximum atomic E-state index is 13.4. The van der Waals surface area contributed by atoms with Gasteiger partial charge in [-0.2, -0.15) is 0 Å². The van der Waals surface area contributed by atoms with Gasteiger partial charge in [0.15, 0.2) is 17.9 Å². The van der Waals surface area contributed by atoms with Crippen LogP contribution in [0, 0.1) is 5.82 Å². The van der Waals surface area contributed by atoms with Gasteiger partial charge in [0.05, 0.1) is 11.7 Å². The first-order valence-electron chi connectivity index (χ1n) is 5.09. The molecule has 1 unspecified atom stereocenters. The summed E-state index contributed by atoms with van der Waals surface area (Å²) in [6.07, 6.45) is 2.33. The lowest BCUT2D eigenvalue weighted by molar-refractivity contribution is 0.111. The molecule has 1 aromatic carbocycles. The summed E-state index contributed by atoms with van der Waals surface area (Å²) in [5, 5.41) is 0. The predicted molar refractivity (Wildman–Crippen MR) is 56.8 cm³/mol. The average Bonchev–Trinajstić information content (AvgIpc) is 2.21. The summed E-state index contributed by atoms with van der Waals surface area (Å²) in [7, 11) is 0. The normalized spacial score (nSPS) is 12.2. The quantitative estimate of drug-likeness (QED) is 0.697. The summed E-state index contributed by atoms with van der Waals surface area (Å²) >= 11 is 0. The van der Waals surface area contributed by atoms with Gasteiger partial charge in [0, 0.05) is 0 Å². The van der Waals surface area contributed by atoms with Crippen LogP contribution in [0.1, 0.15) is 37.0 Å². The van der Waals surface area contributed by atoms with Crippen molar-refractivity contribution in [3.05, 3.63) is 29.6 Å². The fourth-order valence-corrected chi connectivity index (χ4v) is 1.41. The van der Waals surface area contributed by atoms with Crippen LogP contribution in [0.5, 0.6) is 5.75 Å². The highest BCUT2D eigenvalue weighted by atomic mass is 19.1. The van der Waals surface area contributed by atoms with Crippen molar-refractivity contribution in [1.29, 1.82) is 0 Å². The molecule has 0 spiro atoms. The van der Waals surface area contributed by atoms with Crippen LogP contribution in [0.4, 0.5) is 4.39 Å². The van der Waals surface area contributed by atoms with Crippen LogP contribution in [0.3, 0.4) is 0 Å². The molecule has 0 saturated carbocycles. The molecule has 0 bridgehead atoms. The number of benzene rings is 1. The topological polar surface area (TPSA) is 26.3 Å². The van der Waals surface area contributed by atoms with E-state index >= 15 is 0 Å². The molecule has 0 N–H and O–H groups in total. The Kier molecular flexibility index (Phi) is 4.28.